The second kappa shape index (κ2) is 10.9. The molecule has 0 aliphatic carbocycles. The van der Waals surface area contributed by atoms with Crippen molar-refractivity contribution in [2.24, 2.45) is 0 Å². The van der Waals surface area contributed by atoms with Crippen molar-refractivity contribution in [2.75, 3.05) is 0 Å². The molecule has 5 aromatic rings. The van der Waals surface area contributed by atoms with Crippen LogP contribution in [-0.4, -0.2) is 34.8 Å². The number of phenolic OH excluding ortho intramolecular Hbond substituents is 1. The summed E-state index contributed by atoms with van der Waals surface area (Å²) >= 11 is -2.29. The third-order valence-corrected chi connectivity index (χ3v) is 6.89. The summed E-state index contributed by atoms with van der Waals surface area (Å²) in [7, 11) is 0. The number of hydrogen-bond acceptors (Lipinski definition) is 6. The van der Waals surface area contributed by atoms with Crippen LogP contribution >= 0.6 is 0 Å². The van der Waals surface area contributed by atoms with Crippen LogP contribution in [0.3, 0.4) is 0 Å². The number of imidazole rings is 1. The van der Waals surface area contributed by atoms with Gasteiger partial charge in [0.05, 0.1) is 10.6 Å². The van der Waals surface area contributed by atoms with Gasteiger partial charge in [-0.1, -0.05) is 18.2 Å². The van der Waals surface area contributed by atoms with E-state index < -0.39 is 40.8 Å². The maximum absolute atomic E-state index is 13.5. The lowest BCUT2D eigenvalue weighted by molar-refractivity contribution is -0.274. The van der Waals surface area contributed by atoms with Crippen LogP contribution in [0.5, 0.6) is 11.5 Å². The van der Waals surface area contributed by atoms with Crippen molar-refractivity contribution in [3.05, 3.63) is 84.3 Å². The number of benzene rings is 3. The predicted octanol–water partition coefficient (Wildman–Crippen LogP) is 7.68. The molecule has 3 aromatic carbocycles. The van der Waals surface area contributed by atoms with Crippen LogP contribution in [0.2, 0.25) is 0 Å². The number of halogens is 6. The van der Waals surface area contributed by atoms with Crippen molar-refractivity contribution >= 4 is 11.1 Å². The summed E-state index contributed by atoms with van der Waals surface area (Å²) in [5, 5.41) is 10.6. The van der Waals surface area contributed by atoms with Gasteiger partial charge < -0.3 is 23.4 Å². The Morgan fingerprint density at radius 1 is 0.907 bits per heavy atom. The molecule has 0 saturated carbocycles. The minimum atomic E-state index is -5.00. The minimum Gasteiger partial charge on any atom is -0.507 e. The lowest BCUT2D eigenvalue weighted by Gasteiger charge is -2.15. The average molecular weight is 624 g/mol. The normalized spacial score (nSPS) is 12.9. The van der Waals surface area contributed by atoms with Crippen molar-refractivity contribution in [3.8, 4) is 50.9 Å². The number of ether oxygens (including phenoxy) is 1. The van der Waals surface area contributed by atoms with Gasteiger partial charge in [0.25, 0.3) is 0 Å². The Bertz CT molecular complexity index is 1860. The molecule has 2 aromatic heterocycles. The highest BCUT2D eigenvalue weighted by Crippen LogP contribution is 2.43. The molecule has 1 unspecified atom stereocenters. The summed E-state index contributed by atoms with van der Waals surface area (Å²) in [6.45, 7) is 2.84. The first-order chi connectivity index (χ1) is 20.1. The van der Waals surface area contributed by atoms with Gasteiger partial charge in [-0.2, -0.15) is 13.2 Å². The lowest BCUT2D eigenvalue weighted by atomic mass is 9.98. The molecule has 43 heavy (non-hydrogen) atoms. The SMILES string of the molecule is Cc1nc(-c2ccc(OC(F)(F)F)cc2O)c(-c2cc(-c3cccc(S(=O)O)c3)ccc2-n2cc(C(F)(F)F)nc2C)o1. The van der Waals surface area contributed by atoms with Crippen molar-refractivity contribution in [2.45, 2.75) is 31.3 Å². The molecule has 0 spiro atoms. The zero-order chi connectivity index (χ0) is 31.3. The number of aryl methyl sites for hydroxylation is 2. The molecule has 0 saturated heterocycles. The summed E-state index contributed by atoms with van der Waals surface area (Å²) in [5.74, 6) is -1.29. The summed E-state index contributed by atoms with van der Waals surface area (Å²) in [6.07, 6.45) is -8.94. The van der Waals surface area contributed by atoms with E-state index in [1.807, 2.05) is 0 Å². The smallest absolute Gasteiger partial charge is 0.507 e. The van der Waals surface area contributed by atoms with Crippen LogP contribution in [0.1, 0.15) is 17.4 Å². The highest BCUT2D eigenvalue weighted by atomic mass is 32.2. The molecule has 0 aliphatic heterocycles. The molecular formula is C28H19F6N3O5S. The highest BCUT2D eigenvalue weighted by molar-refractivity contribution is 7.79. The Labute approximate surface area is 241 Å². The largest absolute Gasteiger partial charge is 0.573 e. The second-order valence-electron chi connectivity index (χ2n) is 9.19. The predicted molar refractivity (Wildman–Crippen MR) is 142 cm³/mol. The molecule has 0 bridgehead atoms. The first-order valence-corrected chi connectivity index (χ1v) is 13.3. The molecule has 0 aliphatic rings. The van der Waals surface area contributed by atoms with Gasteiger partial charge in [-0.15, -0.1) is 13.2 Å². The number of rotatable bonds is 6. The standard InChI is InChI=1S/C28H19F6N3O5S/c1-14-35-24(27(29,30)31)13-37(14)22-9-6-17(16-4-3-5-19(10-16)43(39)40)11-21(22)26-25(36-15(2)41-26)20-8-7-18(12-23(20)38)42-28(32,33)34/h3-13,38H,1-2H3,(H,39,40). The Balaban J connectivity index is 1.74. The van der Waals surface area contributed by atoms with Gasteiger partial charge in [0, 0.05) is 30.3 Å². The lowest BCUT2D eigenvalue weighted by Crippen LogP contribution is -2.17. The van der Waals surface area contributed by atoms with Gasteiger partial charge >= 0.3 is 12.5 Å². The van der Waals surface area contributed by atoms with Crippen LogP contribution < -0.4 is 4.74 Å². The molecule has 2 heterocycles. The topological polar surface area (TPSA) is 111 Å². The van der Waals surface area contributed by atoms with E-state index in [0.29, 0.717) is 11.1 Å². The number of hydrogen-bond donors (Lipinski definition) is 2. The van der Waals surface area contributed by atoms with Gasteiger partial charge in [0.15, 0.2) is 28.4 Å². The number of aromatic hydroxyl groups is 1. The average Bonchev–Trinajstić information content (AvgIpc) is 3.50. The third-order valence-electron chi connectivity index (χ3n) is 6.23. The van der Waals surface area contributed by atoms with Gasteiger partial charge in [-0.05, 0) is 54.4 Å². The first-order valence-electron chi connectivity index (χ1n) is 12.2. The fourth-order valence-electron chi connectivity index (χ4n) is 4.45. The van der Waals surface area contributed by atoms with Crippen LogP contribution in [0.15, 0.2) is 76.2 Å². The van der Waals surface area contributed by atoms with Gasteiger partial charge in [-0.25, -0.2) is 14.2 Å². The van der Waals surface area contributed by atoms with E-state index in [0.717, 1.165) is 24.4 Å². The molecule has 0 fully saturated rings. The van der Waals surface area contributed by atoms with Crippen LogP contribution in [0, 0.1) is 13.8 Å². The van der Waals surface area contributed by atoms with Crippen molar-refractivity contribution in [1.82, 2.24) is 14.5 Å². The van der Waals surface area contributed by atoms with E-state index in [9.17, 15) is 40.2 Å². The van der Waals surface area contributed by atoms with E-state index in [-0.39, 0.29) is 44.9 Å². The monoisotopic (exact) mass is 623 g/mol. The Kier molecular flexibility index (Phi) is 7.56. The van der Waals surface area contributed by atoms with Crippen LogP contribution in [0.25, 0.3) is 39.4 Å². The molecule has 5 rings (SSSR count). The van der Waals surface area contributed by atoms with Crippen molar-refractivity contribution in [3.63, 3.8) is 0 Å². The molecule has 1 atom stereocenters. The molecule has 2 N–H and O–H groups in total. The van der Waals surface area contributed by atoms with E-state index in [1.54, 1.807) is 24.3 Å². The van der Waals surface area contributed by atoms with Crippen molar-refractivity contribution < 1.29 is 49.4 Å². The minimum absolute atomic E-state index is 0.0201. The van der Waals surface area contributed by atoms with Crippen LogP contribution in [-0.2, 0) is 17.3 Å². The Hall–Kier alpha value is -4.63. The number of oxazole rings is 1. The molecule has 8 nitrogen and oxygen atoms in total. The van der Waals surface area contributed by atoms with E-state index in [2.05, 4.69) is 14.7 Å². The highest BCUT2D eigenvalue weighted by Gasteiger charge is 2.35. The van der Waals surface area contributed by atoms with Crippen LogP contribution in [0.4, 0.5) is 26.3 Å². The maximum Gasteiger partial charge on any atom is 0.573 e. The van der Waals surface area contributed by atoms with Gasteiger partial charge in [0.1, 0.15) is 23.0 Å². The first kappa shape index (κ1) is 29.8. The summed E-state index contributed by atoms with van der Waals surface area (Å²) in [5.41, 5.74) is 0.0796. The summed E-state index contributed by atoms with van der Waals surface area (Å²) < 4.78 is 111. The molecule has 224 valence electrons. The molecule has 0 amide bonds. The maximum atomic E-state index is 13.5. The Morgan fingerprint density at radius 3 is 2.26 bits per heavy atom. The number of alkyl halides is 6. The van der Waals surface area contributed by atoms with Gasteiger partial charge in [0.2, 0.25) is 0 Å². The van der Waals surface area contributed by atoms with E-state index >= 15 is 0 Å². The second-order valence-corrected chi connectivity index (χ2v) is 10.2. The fourth-order valence-corrected chi connectivity index (χ4v) is 4.87. The zero-order valence-electron chi connectivity index (χ0n) is 22.0. The molecule has 15 heteroatoms. The Morgan fingerprint density at radius 2 is 1.63 bits per heavy atom. The van der Waals surface area contributed by atoms with Gasteiger partial charge in [-0.3, -0.25) is 0 Å². The zero-order valence-corrected chi connectivity index (χ0v) is 22.8. The van der Waals surface area contributed by atoms with E-state index in [4.69, 9.17) is 4.42 Å². The summed E-state index contributed by atoms with van der Waals surface area (Å²) in [4.78, 5) is 8.03. The fraction of sp³-hybridized carbons (Fsp3) is 0.143. The number of phenols is 1. The molecular weight excluding hydrogens is 604 g/mol. The quantitative estimate of drug-likeness (QED) is 0.147. The molecule has 0 radical (unpaired) electrons. The number of nitrogens with zero attached hydrogens (tertiary/aromatic N) is 3. The third kappa shape index (κ3) is 6.27. The van der Waals surface area contributed by atoms with Crippen molar-refractivity contribution in [1.29, 1.82) is 0 Å². The number of aromatic nitrogens is 3. The summed E-state index contributed by atoms with van der Waals surface area (Å²) in [6, 6.07) is 13.5. The van der Waals surface area contributed by atoms with E-state index in [1.165, 1.54) is 36.6 Å².